The summed E-state index contributed by atoms with van der Waals surface area (Å²) in [5.74, 6) is 0. The fourth-order valence-corrected chi connectivity index (χ4v) is 2.31. The fraction of sp³-hybridized carbons (Fsp3) is 1.00. The monoisotopic (exact) mass is 223 g/mol. The maximum Gasteiger partial charge on any atom is 0.101 e. The lowest BCUT2D eigenvalue weighted by Crippen LogP contribution is -2.51. The van der Waals surface area contributed by atoms with Gasteiger partial charge in [0.2, 0.25) is 0 Å². The zero-order valence-electron chi connectivity index (χ0n) is 8.29. The van der Waals surface area contributed by atoms with Gasteiger partial charge < -0.3 is 24.9 Å². The van der Waals surface area contributed by atoms with Crippen molar-refractivity contribution in [3.63, 3.8) is 0 Å². The molecule has 6 heteroatoms. The van der Waals surface area contributed by atoms with Crippen molar-refractivity contribution in [2.45, 2.75) is 36.5 Å². The molecule has 1 aliphatic rings. The van der Waals surface area contributed by atoms with Crippen LogP contribution in [0.25, 0.3) is 0 Å². The average Bonchev–Trinajstić information content (AvgIpc) is 2.30. The summed E-state index contributed by atoms with van der Waals surface area (Å²) in [5, 5.41) is 18.6. The van der Waals surface area contributed by atoms with Crippen LogP contribution in [0.5, 0.6) is 0 Å². The molecular formula is C8H17NO4S. The second-order valence-electron chi connectivity index (χ2n) is 3.39. The standard InChI is InChI=1S/C8H17NO4S/c1-4-6(9)7(11)8(12-2)5(3-10)14-13-4/h4-8,10-11H,3,9H2,1-2H3/t4-,5?,6?,7?,8+/m0/s1. The maximum atomic E-state index is 9.83. The minimum atomic E-state index is -0.817. The topological polar surface area (TPSA) is 84.9 Å². The van der Waals surface area contributed by atoms with Gasteiger partial charge in [-0.15, -0.1) is 0 Å². The van der Waals surface area contributed by atoms with Crippen molar-refractivity contribution in [3.8, 4) is 0 Å². The first kappa shape index (κ1) is 12.2. The van der Waals surface area contributed by atoms with Crippen LogP contribution in [-0.4, -0.2) is 53.5 Å². The molecule has 84 valence electrons. The van der Waals surface area contributed by atoms with Crippen LogP contribution in [0.4, 0.5) is 0 Å². The van der Waals surface area contributed by atoms with Crippen LogP contribution in [-0.2, 0) is 8.92 Å². The van der Waals surface area contributed by atoms with Gasteiger partial charge in [-0.25, -0.2) is 0 Å². The number of aliphatic hydroxyl groups is 2. The molecule has 0 bridgehead atoms. The molecular weight excluding hydrogens is 206 g/mol. The molecule has 1 aliphatic heterocycles. The summed E-state index contributed by atoms with van der Waals surface area (Å²) in [7, 11) is 1.49. The Labute approximate surface area is 87.8 Å². The summed E-state index contributed by atoms with van der Waals surface area (Å²) in [6, 6.07) is -0.496. The number of ether oxygens (including phenoxy) is 1. The van der Waals surface area contributed by atoms with Crippen LogP contribution in [0, 0.1) is 0 Å². The van der Waals surface area contributed by atoms with E-state index in [0.717, 1.165) is 12.0 Å². The molecule has 0 spiro atoms. The molecule has 5 nitrogen and oxygen atoms in total. The molecule has 5 atom stereocenters. The van der Waals surface area contributed by atoms with Crippen LogP contribution in [0.15, 0.2) is 0 Å². The van der Waals surface area contributed by atoms with E-state index in [0.29, 0.717) is 0 Å². The quantitative estimate of drug-likeness (QED) is 0.527. The van der Waals surface area contributed by atoms with Crippen molar-refractivity contribution in [1.29, 1.82) is 0 Å². The molecule has 3 unspecified atom stereocenters. The summed E-state index contributed by atoms with van der Waals surface area (Å²) < 4.78 is 10.4. The minimum Gasteiger partial charge on any atom is -0.395 e. The number of methoxy groups -OCH3 is 1. The molecule has 0 aliphatic carbocycles. The van der Waals surface area contributed by atoms with Gasteiger partial charge in [-0.05, 0) is 6.92 Å². The van der Waals surface area contributed by atoms with Crippen molar-refractivity contribution >= 4 is 12.0 Å². The molecule has 0 saturated carbocycles. The summed E-state index contributed by atoms with van der Waals surface area (Å²) >= 11 is 1.12. The van der Waals surface area contributed by atoms with E-state index in [2.05, 4.69) is 0 Å². The number of nitrogens with two attached hydrogens (primary N) is 1. The Balaban J connectivity index is 2.75. The zero-order valence-corrected chi connectivity index (χ0v) is 9.11. The highest BCUT2D eigenvalue weighted by Gasteiger charge is 2.39. The Kier molecular flexibility index (Phi) is 4.62. The lowest BCUT2D eigenvalue weighted by molar-refractivity contribution is -0.0368. The lowest BCUT2D eigenvalue weighted by Gasteiger charge is -2.27. The number of rotatable bonds is 2. The summed E-state index contributed by atoms with van der Waals surface area (Å²) in [6.07, 6.45) is -1.57. The van der Waals surface area contributed by atoms with Crippen LogP contribution >= 0.6 is 12.0 Å². The third-order valence-electron chi connectivity index (χ3n) is 2.42. The minimum absolute atomic E-state index is 0.111. The molecule has 1 fully saturated rings. The molecule has 4 N–H and O–H groups in total. The maximum absolute atomic E-state index is 9.83. The highest BCUT2D eigenvalue weighted by Crippen LogP contribution is 2.28. The van der Waals surface area contributed by atoms with Gasteiger partial charge in [0.15, 0.2) is 0 Å². The smallest absolute Gasteiger partial charge is 0.101 e. The third-order valence-corrected chi connectivity index (χ3v) is 3.50. The van der Waals surface area contributed by atoms with Gasteiger partial charge in [-0.2, -0.15) is 0 Å². The Bertz CT molecular complexity index is 183. The molecule has 1 saturated heterocycles. The van der Waals surface area contributed by atoms with Gasteiger partial charge in [0.25, 0.3) is 0 Å². The first-order valence-corrected chi connectivity index (χ1v) is 5.31. The Hall–Kier alpha value is 0.150. The average molecular weight is 223 g/mol. The van der Waals surface area contributed by atoms with Gasteiger partial charge in [0.05, 0.1) is 30.1 Å². The summed E-state index contributed by atoms with van der Waals surface area (Å²) in [5.41, 5.74) is 5.75. The molecule has 0 aromatic rings. The fourth-order valence-electron chi connectivity index (χ4n) is 1.42. The van der Waals surface area contributed by atoms with E-state index in [1.54, 1.807) is 6.92 Å². The SMILES string of the molecule is CO[C@@H]1C(CO)SO[C@@H](C)C(N)C1O. The van der Waals surface area contributed by atoms with Crippen LogP contribution in [0.1, 0.15) is 6.92 Å². The number of hydrogen-bond acceptors (Lipinski definition) is 6. The lowest BCUT2D eigenvalue weighted by atomic mass is 10.00. The summed E-state index contributed by atoms with van der Waals surface area (Å²) in [6.45, 7) is 1.67. The van der Waals surface area contributed by atoms with Crippen LogP contribution in [0.3, 0.4) is 0 Å². The van der Waals surface area contributed by atoms with Gasteiger partial charge >= 0.3 is 0 Å². The number of aliphatic hydroxyl groups excluding tert-OH is 2. The number of hydrogen-bond donors (Lipinski definition) is 3. The van der Waals surface area contributed by atoms with Crippen LogP contribution in [0.2, 0.25) is 0 Å². The van der Waals surface area contributed by atoms with Crippen molar-refractivity contribution < 1.29 is 19.1 Å². The van der Waals surface area contributed by atoms with Gasteiger partial charge in [0.1, 0.15) is 6.10 Å². The van der Waals surface area contributed by atoms with E-state index in [1.807, 2.05) is 0 Å². The molecule has 0 radical (unpaired) electrons. The van der Waals surface area contributed by atoms with E-state index in [-0.39, 0.29) is 18.0 Å². The van der Waals surface area contributed by atoms with E-state index in [4.69, 9.17) is 19.8 Å². The van der Waals surface area contributed by atoms with Crippen LogP contribution < -0.4 is 5.73 Å². The van der Waals surface area contributed by atoms with E-state index < -0.39 is 18.2 Å². The van der Waals surface area contributed by atoms with Gasteiger partial charge in [0, 0.05) is 19.2 Å². The Morgan fingerprint density at radius 1 is 1.57 bits per heavy atom. The van der Waals surface area contributed by atoms with Gasteiger partial charge in [-0.3, -0.25) is 0 Å². The largest absolute Gasteiger partial charge is 0.395 e. The molecule has 0 aromatic carbocycles. The first-order chi connectivity index (χ1) is 6.61. The normalized spacial score (nSPS) is 44.8. The highest BCUT2D eigenvalue weighted by atomic mass is 32.2. The Morgan fingerprint density at radius 3 is 2.71 bits per heavy atom. The second-order valence-corrected chi connectivity index (χ2v) is 4.38. The van der Waals surface area contributed by atoms with Crippen molar-refractivity contribution in [1.82, 2.24) is 0 Å². The second kappa shape index (κ2) is 5.29. The molecule has 14 heavy (non-hydrogen) atoms. The van der Waals surface area contributed by atoms with E-state index >= 15 is 0 Å². The van der Waals surface area contributed by atoms with Crippen molar-refractivity contribution in [3.05, 3.63) is 0 Å². The predicted octanol–water partition coefficient (Wildman–Crippen LogP) is -0.883. The third kappa shape index (κ3) is 2.39. The summed E-state index contributed by atoms with van der Waals surface area (Å²) in [4.78, 5) is 0. The van der Waals surface area contributed by atoms with Crippen molar-refractivity contribution in [2.24, 2.45) is 5.73 Å². The predicted molar refractivity (Wildman–Crippen MR) is 53.8 cm³/mol. The molecule has 1 heterocycles. The molecule has 0 amide bonds. The highest BCUT2D eigenvalue weighted by molar-refractivity contribution is 7.95. The Morgan fingerprint density at radius 2 is 2.21 bits per heavy atom. The van der Waals surface area contributed by atoms with Gasteiger partial charge in [-0.1, -0.05) is 0 Å². The van der Waals surface area contributed by atoms with E-state index in [1.165, 1.54) is 7.11 Å². The first-order valence-electron chi connectivity index (χ1n) is 4.51. The molecule has 1 rings (SSSR count). The van der Waals surface area contributed by atoms with Crippen molar-refractivity contribution in [2.75, 3.05) is 13.7 Å². The zero-order chi connectivity index (χ0) is 10.7. The molecule has 0 aromatic heterocycles. The van der Waals surface area contributed by atoms with E-state index in [9.17, 15) is 5.11 Å².